The van der Waals surface area contributed by atoms with Crippen molar-refractivity contribution in [2.45, 2.75) is 22.8 Å². The van der Waals surface area contributed by atoms with Crippen molar-refractivity contribution in [3.05, 3.63) is 108 Å². The number of amides is 2. The Morgan fingerprint density at radius 3 is 2.12 bits per heavy atom. The number of hydrogen-bond acceptors (Lipinski definition) is 8. The molecular formula is C31H27FN4O6S. The summed E-state index contributed by atoms with van der Waals surface area (Å²) in [6.07, 6.45) is 3.55. The second kappa shape index (κ2) is 12.5. The highest BCUT2D eigenvalue weighted by atomic mass is 32.2. The highest BCUT2D eigenvalue weighted by Crippen LogP contribution is 2.24. The van der Waals surface area contributed by atoms with Crippen LogP contribution < -0.4 is 10.1 Å². The number of likely N-dealkylation sites (tertiary alicyclic amines) is 1. The van der Waals surface area contributed by atoms with Crippen LogP contribution in [0, 0.1) is 11.7 Å². The van der Waals surface area contributed by atoms with E-state index in [-0.39, 0.29) is 44.5 Å². The Kier molecular flexibility index (Phi) is 8.58. The lowest BCUT2D eigenvalue weighted by Crippen LogP contribution is -2.40. The Morgan fingerprint density at radius 2 is 1.53 bits per heavy atom. The molecule has 0 spiro atoms. The fourth-order valence-electron chi connectivity index (χ4n) is 4.70. The third kappa shape index (κ3) is 6.59. The van der Waals surface area contributed by atoms with Gasteiger partial charge in [-0.25, -0.2) is 17.8 Å². The van der Waals surface area contributed by atoms with Crippen molar-refractivity contribution in [2.75, 3.05) is 25.5 Å². The van der Waals surface area contributed by atoms with Gasteiger partial charge in [-0.05, 0) is 85.6 Å². The number of ether oxygens (including phenoxy) is 1. The topological polar surface area (TPSA) is 136 Å². The van der Waals surface area contributed by atoms with Crippen LogP contribution in [0.2, 0.25) is 0 Å². The minimum absolute atomic E-state index is 0.0441. The van der Waals surface area contributed by atoms with Crippen molar-refractivity contribution in [3.8, 4) is 5.75 Å². The smallest absolute Gasteiger partial charge is 0.272 e. The molecule has 1 N–H and O–H groups in total. The Hall–Kier alpha value is -4.97. The first-order valence-electron chi connectivity index (χ1n) is 13.4. The molecule has 43 heavy (non-hydrogen) atoms. The molecule has 3 heterocycles. The zero-order chi connectivity index (χ0) is 30.6. The van der Waals surface area contributed by atoms with E-state index < -0.39 is 21.6 Å². The number of hydrogen-bond donors (Lipinski definition) is 1. The van der Waals surface area contributed by atoms with Crippen LogP contribution in [0.1, 0.15) is 44.0 Å². The van der Waals surface area contributed by atoms with Gasteiger partial charge in [-0.2, -0.15) is 0 Å². The van der Waals surface area contributed by atoms with Crippen molar-refractivity contribution in [1.29, 1.82) is 0 Å². The third-order valence-electron chi connectivity index (χ3n) is 7.17. The molecule has 0 aliphatic carbocycles. The SMILES string of the molecule is COc1ccc(C(=O)C2CCN(C(=O)c3ccc(C(=O)Nc4ccc(S(=O)(=O)c5ccc(F)cc5)nc4)cn3)CC2)cc1. The Morgan fingerprint density at radius 1 is 0.860 bits per heavy atom. The molecule has 2 aromatic heterocycles. The van der Waals surface area contributed by atoms with Gasteiger partial charge in [-0.3, -0.25) is 19.4 Å². The van der Waals surface area contributed by atoms with Crippen molar-refractivity contribution in [3.63, 3.8) is 0 Å². The average molecular weight is 603 g/mol. The largest absolute Gasteiger partial charge is 0.497 e. The Balaban J connectivity index is 1.15. The van der Waals surface area contributed by atoms with E-state index in [1.54, 1.807) is 36.3 Å². The molecule has 0 saturated carbocycles. The van der Waals surface area contributed by atoms with Crippen molar-refractivity contribution in [1.82, 2.24) is 14.9 Å². The first-order valence-corrected chi connectivity index (χ1v) is 14.9. The highest BCUT2D eigenvalue weighted by Gasteiger charge is 2.29. The predicted molar refractivity (Wildman–Crippen MR) is 154 cm³/mol. The molecule has 2 aromatic carbocycles. The molecule has 10 nitrogen and oxygen atoms in total. The van der Waals surface area contributed by atoms with E-state index in [1.165, 1.54) is 36.7 Å². The first-order chi connectivity index (χ1) is 20.7. The van der Waals surface area contributed by atoms with Gasteiger partial charge in [0.05, 0.1) is 29.5 Å². The molecule has 5 rings (SSSR count). The lowest BCUT2D eigenvalue weighted by molar-refractivity contribution is 0.0645. The summed E-state index contributed by atoms with van der Waals surface area (Å²) in [6, 6.07) is 16.9. The van der Waals surface area contributed by atoms with Crippen LogP contribution in [0.15, 0.2) is 95.1 Å². The second-order valence-electron chi connectivity index (χ2n) is 9.89. The summed E-state index contributed by atoms with van der Waals surface area (Å²) >= 11 is 0. The van der Waals surface area contributed by atoms with E-state index in [2.05, 4.69) is 15.3 Å². The van der Waals surface area contributed by atoms with Crippen molar-refractivity contribution < 1.29 is 31.9 Å². The number of methoxy groups -OCH3 is 1. The first kappa shape index (κ1) is 29.5. The zero-order valence-electron chi connectivity index (χ0n) is 23.1. The molecule has 0 unspecified atom stereocenters. The fourth-order valence-corrected chi connectivity index (χ4v) is 5.88. The number of aromatic nitrogens is 2. The number of ketones is 1. The summed E-state index contributed by atoms with van der Waals surface area (Å²) in [7, 11) is -2.39. The van der Waals surface area contributed by atoms with Gasteiger partial charge in [0.1, 0.15) is 17.3 Å². The standard InChI is InChI=1S/C31H27FN4O6S/c1-42-25-8-2-20(3-9-25)29(37)21-14-16-36(17-15-21)31(39)27-12-4-22(18-33-27)30(38)35-24-7-13-28(34-19-24)43(40,41)26-10-5-23(32)6-11-26/h2-13,18-19,21H,14-17H2,1H3,(H,35,38). The van der Waals surface area contributed by atoms with Crippen molar-refractivity contribution in [2.24, 2.45) is 5.92 Å². The maximum atomic E-state index is 13.2. The molecule has 12 heteroatoms. The van der Waals surface area contributed by atoms with E-state index in [0.717, 1.165) is 24.3 Å². The maximum absolute atomic E-state index is 13.2. The number of rotatable bonds is 8. The van der Waals surface area contributed by atoms with E-state index in [0.29, 0.717) is 37.2 Å². The number of Topliss-reactive ketones (excluding diaryl/α,β-unsaturated/α-hetero) is 1. The van der Waals surface area contributed by atoms with Crippen LogP contribution in [-0.4, -0.2) is 61.1 Å². The lowest BCUT2D eigenvalue weighted by Gasteiger charge is -2.31. The van der Waals surface area contributed by atoms with E-state index in [9.17, 15) is 27.2 Å². The molecule has 1 saturated heterocycles. The number of sulfone groups is 1. The van der Waals surface area contributed by atoms with Crippen LogP contribution >= 0.6 is 0 Å². The predicted octanol–water partition coefficient (Wildman–Crippen LogP) is 4.44. The van der Waals surface area contributed by atoms with E-state index in [4.69, 9.17) is 4.74 Å². The molecule has 220 valence electrons. The van der Waals surface area contributed by atoms with Gasteiger partial charge in [0, 0.05) is 30.8 Å². The number of carbonyl (C=O) groups is 3. The average Bonchev–Trinajstić information content (AvgIpc) is 3.04. The van der Waals surface area contributed by atoms with Crippen LogP contribution in [0.5, 0.6) is 5.75 Å². The minimum atomic E-state index is -3.96. The van der Waals surface area contributed by atoms with Gasteiger partial charge in [-0.1, -0.05) is 0 Å². The van der Waals surface area contributed by atoms with Gasteiger partial charge >= 0.3 is 0 Å². The molecule has 1 fully saturated rings. The number of piperidine rings is 1. The summed E-state index contributed by atoms with van der Waals surface area (Å²) < 4.78 is 43.7. The Bertz CT molecular complexity index is 1740. The second-order valence-corrected chi connectivity index (χ2v) is 11.8. The number of halogens is 1. The quantitative estimate of drug-likeness (QED) is 0.231. The summed E-state index contributed by atoms with van der Waals surface area (Å²) in [5.41, 5.74) is 1.22. The number of nitrogens with one attached hydrogen (secondary N) is 1. The number of pyridine rings is 2. The molecule has 4 aromatic rings. The van der Waals surface area contributed by atoms with Gasteiger partial charge in [-0.15, -0.1) is 0 Å². The third-order valence-corrected chi connectivity index (χ3v) is 8.85. The summed E-state index contributed by atoms with van der Waals surface area (Å²) in [4.78, 5) is 48.2. The summed E-state index contributed by atoms with van der Waals surface area (Å²) in [5, 5.41) is 2.36. The maximum Gasteiger partial charge on any atom is 0.272 e. The van der Waals surface area contributed by atoms with Crippen LogP contribution in [-0.2, 0) is 9.84 Å². The zero-order valence-corrected chi connectivity index (χ0v) is 23.9. The fraction of sp³-hybridized carbons (Fsp3) is 0.194. The molecule has 1 aliphatic heterocycles. The molecule has 2 amide bonds. The normalized spacial score (nSPS) is 13.8. The van der Waals surface area contributed by atoms with Gasteiger partial charge < -0.3 is 15.0 Å². The van der Waals surface area contributed by atoms with Crippen LogP contribution in [0.25, 0.3) is 0 Å². The lowest BCUT2D eigenvalue weighted by atomic mass is 9.88. The van der Waals surface area contributed by atoms with Gasteiger partial charge in [0.15, 0.2) is 10.8 Å². The van der Waals surface area contributed by atoms with Crippen LogP contribution in [0.4, 0.5) is 10.1 Å². The van der Waals surface area contributed by atoms with Gasteiger partial charge in [0.2, 0.25) is 9.84 Å². The molecule has 0 bridgehead atoms. The van der Waals surface area contributed by atoms with E-state index >= 15 is 0 Å². The molecule has 1 aliphatic rings. The molecule has 0 atom stereocenters. The number of nitrogens with zero attached hydrogens (tertiary/aromatic N) is 3. The molecular weight excluding hydrogens is 575 g/mol. The molecule has 0 radical (unpaired) electrons. The number of benzene rings is 2. The number of carbonyl (C=O) groups excluding carboxylic acids is 3. The van der Waals surface area contributed by atoms with Gasteiger partial charge in [0.25, 0.3) is 11.8 Å². The Labute approximate surface area is 247 Å². The summed E-state index contributed by atoms with van der Waals surface area (Å²) in [6.45, 7) is 0.824. The van der Waals surface area contributed by atoms with E-state index in [1.807, 2.05) is 0 Å². The monoisotopic (exact) mass is 602 g/mol. The number of anilines is 1. The highest BCUT2D eigenvalue weighted by molar-refractivity contribution is 7.91. The summed E-state index contributed by atoms with van der Waals surface area (Å²) in [5.74, 6) is -0.831. The van der Waals surface area contributed by atoms with Crippen LogP contribution in [0.3, 0.4) is 0 Å². The van der Waals surface area contributed by atoms with Crippen molar-refractivity contribution >= 4 is 33.1 Å². The minimum Gasteiger partial charge on any atom is -0.497 e.